The standard InChI is InChI=1S/C56H34N2S/c1-2-11-38(12-3-1)56-57-51(34-52(58-56)44-27-28-48-47-16-8-9-17-53(47)59-54(48)33-44)43-25-24-40-30-39(22-23-41(40)31-43)35-18-20-37(21-19-35)55-46-15-7-5-13-42(46)32-50-45-14-6-4-10-36(45)26-29-49(50)55/h1-34H. The van der Waals surface area contributed by atoms with E-state index in [1.165, 1.54) is 85.5 Å². The zero-order chi connectivity index (χ0) is 38.9. The van der Waals surface area contributed by atoms with Crippen LogP contribution in [0.15, 0.2) is 206 Å². The predicted octanol–water partition coefficient (Wildman–Crippen LogP) is 15.8. The number of thiophene rings is 1. The lowest BCUT2D eigenvalue weighted by Crippen LogP contribution is -1.96. The normalized spacial score (nSPS) is 11.7. The van der Waals surface area contributed by atoms with E-state index in [0.29, 0.717) is 0 Å². The first-order valence-corrected chi connectivity index (χ1v) is 20.9. The summed E-state index contributed by atoms with van der Waals surface area (Å²) in [6, 6.07) is 74.7. The van der Waals surface area contributed by atoms with Crippen LogP contribution in [-0.2, 0) is 0 Å². The van der Waals surface area contributed by atoms with Crippen molar-refractivity contribution in [1.29, 1.82) is 0 Å². The SMILES string of the molecule is c1ccc(-c2nc(-c3ccc4cc(-c5ccc(-c6c7ccccc7cc7c6ccc6ccccc67)cc5)ccc4c3)cc(-c3ccc4c(c3)sc3ccccc34)n2)cc1. The molecule has 0 bridgehead atoms. The largest absolute Gasteiger partial charge is 0.228 e. The van der Waals surface area contributed by atoms with Gasteiger partial charge in [0.15, 0.2) is 5.82 Å². The molecule has 2 heterocycles. The third-order valence-corrected chi connectivity index (χ3v) is 13.0. The van der Waals surface area contributed by atoms with Crippen LogP contribution >= 0.6 is 11.3 Å². The van der Waals surface area contributed by atoms with Crippen molar-refractivity contribution in [3.63, 3.8) is 0 Å². The van der Waals surface area contributed by atoms with Crippen LogP contribution in [0.4, 0.5) is 0 Å². The van der Waals surface area contributed by atoms with E-state index in [-0.39, 0.29) is 0 Å². The van der Waals surface area contributed by atoms with Crippen LogP contribution in [-0.4, -0.2) is 9.97 Å². The van der Waals surface area contributed by atoms with Crippen LogP contribution in [0, 0.1) is 0 Å². The Labute approximate surface area is 345 Å². The third-order valence-electron chi connectivity index (χ3n) is 11.8. The molecule has 12 rings (SSSR count). The molecular formula is C56H34N2S. The lowest BCUT2D eigenvalue weighted by Gasteiger charge is -2.14. The highest BCUT2D eigenvalue weighted by atomic mass is 32.1. The Hall–Kier alpha value is -7.46. The van der Waals surface area contributed by atoms with Crippen LogP contribution < -0.4 is 0 Å². The van der Waals surface area contributed by atoms with Crippen molar-refractivity contribution in [1.82, 2.24) is 9.97 Å². The highest BCUT2D eigenvalue weighted by molar-refractivity contribution is 7.25. The van der Waals surface area contributed by atoms with E-state index in [0.717, 1.165) is 33.9 Å². The first-order chi connectivity index (χ1) is 29.2. The van der Waals surface area contributed by atoms with Gasteiger partial charge in [-0.2, -0.15) is 0 Å². The van der Waals surface area contributed by atoms with E-state index < -0.39 is 0 Å². The minimum Gasteiger partial charge on any atom is -0.228 e. The van der Waals surface area contributed by atoms with Crippen LogP contribution in [0.1, 0.15) is 0 Å². The van der Waals surface area contributed by atoms with Crippen LogP contribution in [0.5, 0.6) is 0 Å². The lowest BCUT2D eigenvalue weighted by molar-refractivity contribution is 1.18. The molecule has 0 fully saturated rings. The highest BCUT2D eigenvalue weighted by Crippen LogP contribution is 2.41. The number of hydrogen-bond donors (Lipinski definition) is 0. The summed E-state index contributed by atoms with van der Waals surface area (Å²) in [5.41, 5.74) is 9.85. The van der Waals surface area contributed by atoms with Crippen molar-refractivity contribution in [2.75, 3.05) is 0 Å². The molecule has 0 aliphatic rings. The maximum absolute atomic E-state index is 5.15. The molecule has 0 aliphatic carbocycles. The minimum absolute atomic E-state index is 0.721. The fraction of sp³-hybridized carbons (Fsp3) is 0. The van der Waals surface area contributed by atoms with Gasteiger partial charge in [0.2, 0.25) is 0 Å². The van der Waals surface area contributed by atoms with Gasteiger partial charge in [-0.3, -0.25) is 0 Å². The summed E-state index contributed by atoms with van der Waals surface area (Å²) in [6.07, 6.45) is 0. The van der Waals surface area contributed by atoms with E-state index >= 15 is 0 Å². The molecule has 2 nitrogen and oxygen atoms in total. The minimum atomic E-state index is 0.721. The Balaban J connectivity index is 0.911. The van der Waals surface area contributed by atoms with Gasteiger partial charge in [0.25, 0.3) is 0 Å². The molecule has 274 valence electrons. The molecule has 0 unspecified atom stereocenters. The van der Waals surface area contributed by atoms with Crippen LogP contribution in [0.2, 0.25) is 0 Å². The van der Waals surface area contributed by atoms with Crippen molar-refractivity contribution < 1.29 is 0 Å². The zero-order valence-corrected chi connectivity index (χ0v) is 32.7. The van der Waals surface area contributed by atoms with Gasteiger partial charge in [-0.05, 0) is 102 Å². The van der Waals surface area contributed by atoms with Gasteiger partial charge in [0.05, 0.1) is 11.4 Å². The molecule has 0 atom stereocenters. The molecule has 12 aromatic rings. The van der Waals surface area contributed by atoms with Crippen molar-refractivity contribution in [2.45, 2.75) is 0 Å². The number of rotatable bonds is 5. The summed E-state index contributed by atoms with van der Waals surface area (Å²) in [5.74, 6) is 0.721. The zero-order valence-electron chi connectivity index (χ0n) is 31.9. The molecule has 10 aromatic carbocycles. The number of nitrogens with zero attached hydrogens (tertiary/aromatic N) is 2. The van der Waals surface area contributed by atoms with Crippen LogP contribution in [0.25, 0.3) is 119 Å². The first-order valence-electron chi connectivity index (χ1n) is 20.0. The molecule has 0 aliphatic heterocycles. The third kappa shape index (κ3) is 5.78. The van der Waals surface area contributed by atoms with Gasteiger partial charge in [-0.25, -0.2) is 9.97 Å². The van der Waals surface area contributed by atoms with Crippen molar-refractivity contribution >= 4 is 74.6 Å². The van der Waals surface area contributed by atoms with Crippen molar-refractivity contribution in [3.05, 3.63) is 206 Å². The van der Waals surface area contributed by atoms with E-state index in [1.54, 1.807) is 0 Å². The lowest BCUT2D eigenvalue weighted by atomic mass is 9.89. The molecule has 0 N–H and O–H groups in total. The number of hydrogen-bond acceptors (Lipinski definition) is 3. The van der Waals surface area contributed by atoms with Crippen molar-refractivity contribution in [2.24, 2.45) is 0 Å². The van der Waals surface area contributed by atoms with Gasteiger partial charge in [0, 0.05) is 36.9 Å². The predicted molar refractivity (Wildman–Crippen MR) is 252 cm³/mol. The first kappa shape index (κ1) is 33.7. The Bertz CT molecular complexity index is 3600. The fourth-order valence-electron chi connectivity index (χ4n) is 8.89. The summed E-state index contributed by atoms with van der Waals surface area (Å²) < 4.78 is 2.56. The van der Waals surface area contributed by atoms with E-state index in [9.17, 15) is 0 Å². The van der Waals surface area contributed by atoms with E-state index in [4.69, 9.17) is 9.97 Å². The molecule has 2 aromatic heterocycles. The van der Waals surface area contributed by atoms with E-state index in [1.807, 2.05) is 29.5 Å². The summed E-state index contributed by atoms with van der Waals surface area (Å²) in [5, 5.41) is 12.6. The summed E-state index contributed by atoms with van der Waals surface area (Å²) in [6.45, 7) is 0. The second-order valence-electron chi connectivity index (χ2n) is 15.3. The maximum atomic E-state index is 5.15. The van der Waals surface area contributed by atoms with Crippen molar-refractivity contribution in [3.8, 4) is 56.2 Å². The molecule has 0 radical (unpaired) electrons. The molecule has 0 saturated heterocycles. The monoisotopic (exact) mass is 766 g/mol. The number of fused-ring (bicyclic) bond motifs is 8. The van der Waals surface area contributed by atoms with Gasteiger partial charge in [-0.1, -0.05) is 170 Å². The Morgan fingerprint density at radius 1 is 0.271 bits per heavy atom. The van der Waals surface area contributed by atoms with Gasteiger partial charge >= 0.3 is 0 Å². The Kier molecular flexibility index (Phi) is 7.75. The molecule has 0 saturated carbocycles. The fourth-order valence-corrected chi connectivity index (χ4v) is 10.0. The van der Waals surface area contributed by atoms with Crippen LogP contribution in [0.3, 0.4) is 0 Å². The summed E-state index contributed by atoms with van der Waals surface area (Å²) in [4.78, 5) is 10.3. The van der Waals surface area contributed by atoms with Gasteiger partial charge in [-0.15, -0.1) is 11.3 Å². The molecule has 3 heteroatoms. The second-order valence-corrected chi connectivity index (χ2v) is 16.4. The Morgan fingerprint density at radius 2 is 0.831 bits per heavy atom. The molecule has 59 heavy (non-hydrogen) atoms. The topological polar surface area (TPSA) is 25.8 Å². The molecule has 0 amide bonds. The average molecular weight is 767 g/mol. The summed E-state index contributed by atoms with van der Waals surface area (Å²) in [7, 11) is 0. The van der Waals surface area contributed by atoms with Gasteiger partial charge in [0.1, 0.15) is 0 Å². The smallest absolute Gasteiger partial charge is 0.160 e. The maximum Gasteiger partial charge on any atom is 0.160 e. The van der Waals surface area contributed by atoms with E-state index in [2.05, 4.69) is 188 Å². The molecular weight excluding hydrogens is 733 g/mol. The summed E-state index contributed by atoms with van der Waals surface area (Å²) >= 11 is 1.83. The highest BCUT2D eigenvalue weighted by Gasteiger charge is 2.15. The second kappa shape index (κ2) is 13.6. The average Bonchev–Trinajstić information content (AvgIpc) is 3.69. The number of aromatic nitrogens is 2. The Morgan fingerprint density at radius 3 is 1.64 bits per heavy atom. The van der Waals surface area contributed by atoms with Gasteiger partial charge < -0.3 is 0 Å². The number of benzene rings is 10. The molecule has 0 spiro atoms. The quantitative estimate of drug-likeness (QED) is 0.129.